The second-order valence-corrected chi connectivity index (χ2v) is 9.75. The molecule has 3 aromatic rings. The molecule has 5 rings (SSSR count). The van der Waals surface area contributed by atoms with Crippen molar-refractivity contribution < 1.29 is 19.1 Å². The number of nitrogens with zero attached hydrogens (tertiary/aromatic N) is 3. The van der Waals surface area contributed by atoms with Gasteiger partial charge in [0.1, 0.15) is 22.5 Å². The summed E-state index contributed by atoms with van der Waals surface area (Å²) >= 11 is 1.30. The first kappa shape index (κ1) is 24.1. The van der Waals surface area contributed by atoms with E-state index >= 15 is 4.39 Å². The summed E-state index contributed by atoms with van der Waals surface area (Å²) in [7, 11) is 0. The van der Waals surface area contributed by atoms with Crippen molar-refractivity contribution in [2.45, 2.75) is 18.8 Å². The second-order valence-electron chi connectivity index (χ2n) is 8.68. The van der Waals surface area contributed by atoms with Crippen molar-refractivity contribution in [3.63, 3.8) is 0 Å². The van der Waals surface area contributed by atoms with E-state index in [4.69, 9.17) is 0 Å². The first-order valence-electron chi connectivity index (χ1n) is 11.7. The van der Waals surface area contributed by atoms with Crippen LogP contribution in [0, 0.1) is 5.82 Å². The topological polar surface area (TPSA) is 107 Å². The molecule has 2 fully saturated rings. The third kappa shape index (κ3) is 4.40. The lowest BCUT2D eigenvalue weighted by Gasteiger charge is -2.30. The Labute approximate surface area is 210 Å². The number of phenols is 1. The lowest BCUT2D eigenvalue weighted by Crippen LogP contribution is -2.46. The fourth-order valence-corrected chi connectivity index (χ4v) is 5.71. The molecule has 3 N–H and O–H groups in total. The molecule has 2 amide bonds. The highest BCUT2D eigenvalue weighted by Crippen LogP contribution is 2.38. The fourth-order valence-electron chi connectivity index (χ4n) is 4.61. The number of hydrazine groups is 1. The van der Waals surface area contributed by atoms with Crippen molar-refractivity contribution in [2.75, 3.05) is 36.8 Å². The zero-order chi connectivity index (χ0) is 25.4. The Hall–Kier alpha value is -3.57. The van der Waals surface area contributed by atoms with Crippen LogP contribution in [0.3, 0.4) is 0 Å². The minimum absolute atomic E-state index is 0.0429. The van der Waals surface area contributed by atoms with Crippen LogP contribution in [-0.4, -0.2) is 58.4 Å². The highest BCUT2D eigenvalue weighted by atomic mass is 32.2. The maximum Gasteiger partial charge on any atom is 0.275 e. The van der Waals surface area contributed by atoms with Crippen LogP contribution >= 0.6 is 11.8 Å². The van der Waals surface area contributed by atoms with Gasteiger partial charge in [0.25, 0.3) is 11.8 Å². The number of hydrogen-bond donors (Lipinski definition) is 3. The number of thioether (sulfide) groups is 1. The van der Waals surface area contributed by atoms with Gasteiger partial charge in [-0.05, 0) is 36.8 Å². The van der Waals surface area contributed by atoms with Gasteiger partial charge >= 0.3 is 0 Å². The molecule has 0 bridgehead atoms. The first-order chi connectivity index (χ1) is 17.4. The molecule has 0 saturated carbocycles. The summed E-state index contributed by atoms with van der Waals surface area (Å²) in [6.45, 7) is 5.12. The molecule has 0 radical (unpaired) electrons. The van der Waals surface area contributed by atoms with E-state index in [1.165, 1.54) is 41.2 Å². The summed E-state index contributed by atoms with van der Waals surface area (Å²) in [6, 6.07) is 9.30. The van der Waals surface area contributed by atoms with E-state index in [1.807, 2.05) is 11.8 Å². The molecule has 0 aliphatic carbocycles. The number of halogens is 1. The summed E-state index contributed by atoms with van der Waals surface area (Å²) in [5, 5.41) is 13.8. The Morgan fingerprint density at radius 1 is 1.22 bits per heavy atom. The zero-order valence-electron chi connectivity index (χ0n) is 19.7. The van der Waals surface area contributed by atoms with Crippen LogP contribution in [0.1, 0.15) is 28.2 Å². The van der Waals surface area contributed by atoms with Gasteiger partial charge in [-0.25, -0.2) is 9.40 Å². The molecule has 2 aliphatic rings. The van der Waals surface area contributed by atoms with Crippen LogP contribution in [0.15, 0.2) is 47.4 Å². The molecule has 3 heterocycles. The number of pyridine rings is 1. The van der Waals surface area contributed by atoms with E-state index in [-0.39, 0.29) is 28.4 Å². The molecule has 1 aromatic heterocycles. The largest absolute Gasteiger partial charge is 0.508 e. The number of carbonyl (C=O) groups excluding carboxylic acids is 2. The van der Waals surface area contributed by atoms with E-state index in [2.05, 4.69) is 10.7 Å². The van der Waals surface area contributed by atoms with Gasteiger partial charge in [0.15, 0.2) is 0 Å². The van der Waals surface area contributed by atoms with E-state index in [1.54, 1.807) is 22.8 Å². The number of rotatable bonds is 5. The Bertz CT molecular complexity index is 1410. The zero-order valence-corrected chi connectivity index (χ0v) is 20.5. The van der Waals surface area contributed by atoms with Gasteiger partial charge < -0.3 is 19.9 Å². The molecular formula is C25H26FN5O4S. The molecule has 0 spiro atoms. The van der Waals surface area contributed by atoms with Crippen LogP contribution in [-0.2, 0) is 11.3 Å². The molecule has 2 aromatic carbocycles. The van der Waals surface area contributed by atoms with Crippen molar-refractivity contribution in [1.82, 2.24) is 20.3 Å². The average Bonchev–Trinajstić information content (AvgIpc) is 3.24. The lowest BCUT2D eigenvalue weighted by atomic mass is 10.1. The number of aromatic nitrogens is 1. The van der Waals surface area contributed by atoms with Crippen LogP contribution < -0.4 is 21.1 Å². The van der Waals surface area contributed by atoms with Crippen molar-refractivity contribution >= 4 is 40.2 Å². The minimum Gasteiger partial charge on any atom is -0.508 e. The van der Waals surface area contributed by atoms with E-state index < -0.39 is 22.5 Å². The molecule has 2 saturated heterocycles. The Morgan fingerprint density at radius 3 is 2.72 bits per heavy atom. The number of amides is 2. The molecule has 1 atom stereocenters. The number of benzene rings is 2. The van der Waals surface area contributed by atoms with Crippen LogP contribution in [0.2, 0.25) is 0 Å². The number of nitrogens with one attached hydrogen (secondary N) is 2. The monoisotopic (exact) mass is 511 g/mol. The van der Waals surface area contributed by atoms with E-state index in [9.17, 15) is 19.5 Å². The van der Waals surface area contributed by atoms with Gasteiger partial charge in [-0.3, -0.25) is 19.8 Å². The number of phenolic OH excluding ortho intramolecular Hbond substituents is 1. The van der Waals surface area contributed by atoms with Gasteiger partial charge in [0.05, 0.1) is 17.0 Å². The van der Waals surface area contributed by atoms with Gasteiger partial charge in [0, 0.05) is 44.3 Å². The third-order valence-corrected chi connectivity index (χ3v) is 7.65. The summed E-state index contributed by atoms with van der Waals surface area (Å²) in [4.78, 5) is 41.0. The SMILES string of the molecule is CCn1cc(C(=O)NN2C(=O)CSC2c2cccc(O)c2)c(=O)c2cc(F)c(N3CCNCC3)cc21. The standard InChI is InChI=1S/C25H26FN5O4S/c1-2-29-13-18(23(34)17-11-19(26)21(12-20(17)29)30-8-6-27-7-9-30)24(35)28-31-22(33)14-36-25(31)15-4-3-5-16(32)10-15/h3-5,10-13,25,27,32H,2,6-9,14H2,1H3,(H,28,35). The van der Waals surface area contributed by atoms with E-state index in [0.29, 0.717) is 36.4 Å². The summed E-state index contributed by atoms with van der Waals surface area (Å²) in [6.07, 6.45) is 1.45. The first-order valence-corrected chi connectivity index (χ1v) is 12.8. The molecule has 2 aliphatic heterocycles. The molecule has 9 nitrogen and oxygen atoms in total. The number of fused-ring (bicyclic) bond motifs is 1. The Kier molecular flexibility index (Phi) is 6.59. The molecule has 188 valence electrons. The smallest absolute Gasteiger partial charge is 0.275 e. The maximum atomic E-state index is 15.1. The fraction of sp³-hybridized carbons (Fsp3) is 0.320. The number of anilines is 1. The molecule has 36 heavy (non-hydrogen) atoms. The van der Waals surface area contributed by atoms with Crippen molar-refractivity contribution in [1.29, 1.82) is 0 Å². The number of carbonyl (C=O) groups is 2. The van der Waals surface area contributed by atoms with Crippen molar-refractivity contribution in [2.24, 2.45) is 0 Å². The summed E-state index contributed by atoms with van der Waals surface area (Å²) < 4.78 is 16.9. The molecule has 11 heteroatoms. The normalized spacial score (nSPS) is 18.2. The lowest BCUT2D eigenvalue weighted by molar-refractivity contribution is -0.130. The summed E-state index contributed by atoms with van der Waals surface area (Å²) in [5.41, 5.74) is 3.39. The van der Waals surface area contributed by atoms with Gasteiger partial charge in [-0.1, -0.05) is 12.1 Å². The number of aryl methyl sites for hydroxylation is 1. The predicted molar refractivity (Wildman–Crippen MR) is 137 cm³/mol. The van der Waals surface area contributed by atoms with Crippen molar-refractivity contribution in [3.8, 4) is 5.75 Å². The third-order valence-electron chi connectivity index (χ3n) is 6.44. The highest BCUT2D eigenvalue weighted by molar-refractivity contribution is 8.00. The maximum absolute atomic E-state index is 15.1. The second kappa shape index (κ2) is 9.82. The van der Waals surface area contributed by atoms with Crippen LogP contribution in [0.25, 0.3) is 10.9 Å². The van der Waals surface area contributed by atoms with Crippen LogP contribution in [0.4, 0.5) is 10.1 Å². The Morgan fingerprint density at radius 2 is 2.00 bits per heavy atom. The van der Waals surface area contributed by atoms with Crippen molar-refractivity contribution in [3.05, 3.63) is 69.8 Å². The summed E-state index contributed by atoms with van der Waals surface area (Å²) in [5.74, 6) is -1.42. The number of hydrogen-bond acceptors (Lipinski definition) is 7. The number of aromatic hydroxyl groups is 1. The predicted octanol–water partition coefficient (Wildman–Crippen LogP) is 2.19. The minimum atomic E-state index is -0.753. The van der Waals surface area contributed by atoms with Gasteiger partial charge in [-0.2, -0.15) is 0 Å². The molecule has 1 unspecified atom stereocenters. The van der Waals surface area contributed by atoms with E-state index in [0.717, 1.165) is 13.1 Å². The molecular weight excluding hydrogens is 485 g/mol. The average molecular weight is 512 g/mol. The van der Waals surface area contributed by atoms with Crippen LogP contribution in [0.5, 0.6) is 5.75 Å². The highest BCUT2D eigenvalue weighted by Gasteiger charge is 2.35. The Balaban J connectivity index is 1.50. The van der Waals surface area contributed by atoms with Gasteiger partial charge in [-0.15, -0.1) is 11.8 Å². The number of piperazine rings is 1. The van der Waals surface area contributed by atoms with Gasteiger partial charge in [0.2, 0.25) is 5.43 Å². The quantitative estimate of drug-likeness (QED) is 0.482.